The lowest BCUT2D eigenvalue weighted by Gasteiger charge is -2.06. The molecule has 112 valence electrons. The predicted octanol–water partition coefficient (Wildman–Crippen LogP) is 3.98. The molecule has 0 aliphatic rings. The van der Waals surface area contributed by atoms with Crippen LogP contribution in [0.1, 0.15) is 19.8 Å². The maximum absolute atomic E-state index is 5.71. The van der Waals surface area contributed by atoms with Crippen LogP contribution in [0, 0.1) is 0 Å². The Balaban J connectivity index is 1.87. The van der Waals surface area contributed by atoms with Gasteiger partial charge in [0, 0.05) is 11.8 Å². The molecule has 0 spiro atoms. The second kappa shape index (κ2) is 6.85. The van der Waals surface area contributed by atoms with Gasteiger partial charge in [0.25, 0.3) is 5.89 Å². The molecule has 0 saturated carbocycles. The highest BCUT2D eigenvalue weighted by molar-refractivity contribution is 5.63. The second-order valence-electron chi connectivity index (χ2n) is 4.85. The molecule has 3 aromatic rings. The third-order valence-corrected chi connectivity index (χ3v) is 3.20. The minimum atomic E-state index is 0.415. The van der Waals surface area contributed by atoms with Gasteiger partial charge in [-0.25, -0.2) is 4.98 Å². The molecule has 2 aromatic heterocycles. The van der Waals surface area contributed by atoms with E-state index in [0.29, 0.717) is 29.8 Å². The number of aromatic nitrogens is 3. The summed E-state index contributed by atoms with van der Waals surface area (Å²) in [4.78, 5) is 8.70. The molecular weight excluding hydrogens is 278 g/mol. The molecule has 0 unspecified atom stereocenters. The van der Waals surface area contributed by atoms with Crippen LogP contribution in [0.3, 0.4) is 0 Å². The van der Waals surface area contributed by atoms with Gasteiger partial charge in [-0.3, -0.25) is 0 Å². The van der Waals surface area contributed by atoms with Crippen LogP contribution in [0.15, 0.2) is 53.2 Å². The Morgan fingerprint density at radius 2 is 1.95 bits per heavy atom. The third kappa shape index (κ3) is 3.14. The SMILES string of the molecule is CCCCOc1ncccc1-c1nc(-c2ccccc2)no1. The first-order valence-electron chi connectivity index (χ1n) is 7.36. The van der Waals surface area contributed by atoms with E-state index < -0.39 is 0 Å². The lowest BCUT2D eigenvalue weighted by atomic mass is 10.2. The van der Waals surface area contributed by atoms with Crippen molar-refractivity contribution in [3.05, 3.63) is 48.7 Å². The highest BCUT2D eigenvalue weighted by Gasteiger charge is 2.15. The Kier molecular flexibility index (Phi) is 4.44. The fourth-order valence-corrected chi connectivity index (χ4v) is 2.02. The number of hydrogen-bond acceptors (Lipinski definition) is 5. The first-order chi connectivity index (χ1) is 10.9. The van der Waals surface area contributed by atoms with Crippen LogP contribution in [-0.4, -0.2) is 21.7 Å². The Labute approximate surface area is 129 Å². The van der Waals surface area contributed by atoms with Gasteiger partial charge in [-0.05, 0) is 18.6 Å². The maximum Gasteiger partial charge on any atom is 0.263 e. The number of nitrogens with zero attached hydrogens (tertiary/aromatic N) is 3. The van der Waals surface area contributed by atoms with Crippen LogP contribution in [0.25, 0.3) is 22.8 Å². The van der Waals surface area contributed by atoms with Gasteiger partial charge < -0.3 is 9.26 Å². The summed E-state index contributed by atoms with van der Waals surface area (Å²) in [6.45, 7) is 2.74. The van der Waals surface area contributed by atoms with Crippen molar-refractivity contribution in [3.8, 4) is 28.7 Å². The van der Waals surface area contributed by atoms with Crippen molar-refractivity contribution in [3.63, 3.8) is 0 Å². The number of hydrogen-bond donors (Lipinski definition) is 0. The predicted molar refractivity (Wildman–Crippen MR) is 83.4 cm³/mol. The average molecular weight is 295 g/mol. The summed E-state index contributed by atoms with van der Waals surface area (Å²) in [7, 11) is 0. The molecule has 5 heteroatoms. The molecule has 0 atom stereocenters. The van der Waals surface area contributed by atoms with Crippen LogP contribution >= 0.6 is 0 Å². The summed E-state index contributed by atoms with van der Waals surface area (Å²) < 4.78 is 11.1. The summed E-state index contributed by atoms with van der Waals surface area (Å²) in [5.74, 6) is 1.50. The molecule has 5 nitrogen and oxygen atoms in total. The molecule has 0 N–H and O–H groups in total. The van der Waals surface area contributed by atoms with Crippen molar-refractivity contribution < 1.29 is 9.26 Å². The molecule has 0 aliphatic heterocycles. The topological polar surface area (TPSA) is 61.0 Å². The molecular formula is C17H17N3O2. The van der Waals surface area contributed by atoms with Crippen molar-refractivity contribution >= 4 is 0 Å². The largest absolute Gasteiger partial charge is 0.477 e. The van der Waals surface area contributed by atoms with E-state index in [0.717, 1.165) is 18.4 Å². The van der Waals surface area contributed by atoms with Crippen LogP contribution in [0.5, 0.6) is 5.88 Å². The van der Waals surface area contributed by atoms with E-state index in [4.69, 9.17) is 9.26 Å². The minimum Gasteiger partial charge on any atom is -0.477 e. The summed E-state index contributed by atoms with van der Waals surface area (Å²) in [5, 5.41) is 4.03. The third-order valence-electron chi connectivity index (χ3n) is 3.20. The molecule has 0 saturated heterocycles. The van der Waals surface area contributed by atoms with Crippen molar-refractivity contribution in [1.82, 2.24) is 15.1 Å². The average Bonchev–Trinajstić information content (AvgIpc) is 3.06. The van der Waals surface area contributed by atoms with Crippen LogP contribution in [-0.2, 0) is 0 Å². The molecule has 0 aliphatic carbocycles. The molecule has 22 heavy (non-hydrogen) atoms. The maximum atomic E-state index is 5.71. The van der Waals surface area contributed by atoms with Crippen LogP contribution in [0.4, 0.5) is 0 Å². The fraction of sp³-hybridized carbons (Fsp3) is 0.235. The normalized spacial score (nSPS) is 10.6. The Morgan fingerprint density at radius 3 is 2.77 bits per heavy atom. The zero-order chi connectivity index (χ0) is 15.2. The number of rotatable bonds is 6. The summed E-state index contributed by atoms with van der Waals surface area (Å²) >= 11 is 0. The number of pyridine rings is 1. The monoisotopic (exact) mass is 295 g/mol. The number of unbranched alkanes of at least 4 members (excludes halogenated alkanes) is 1. The molecule has 2 heterocycles. The quantitative estimate of drug-likeness (QED) is 0.644. The fourth-order valence-electron chi connectivity index (χ4n) is 2.02. The molecule has 0 amide bonds. The molecule has 1 aromatic carbocycles. The van der Waals surface area contributed by atoms with Crippen LogP contribution in [0.2, 0.25) is 0 Å². The zero-order valence-electron chi connectivity index (χ0n) is 12.4. The van der Waals surface area contributed by atoms with Gasteiger partial charge in [-0.2, -0.15) is 4.98 Å². The van der Waals surface area contributed by atoms with Gasteiger partial charge in [0.15, 0.2) is 0 Å². The van der Waals surface area contributed by atoms with Gasteiger partial charge in [0.05, 0.1) is 6.61 Å². The molecule has 0 bridgehead atoms. The first kappa shape index (κ1) is 14.3. The molecule has 3 rings (SSSR count). The Morgan fingerprint density at radius 1 is 1.09 bits per heavy atom. The highest BCUT2D eigenvalue weighted by Crippen LogP contribution is 2.28. The van der Waals surface area contributed by atoms with E-state index in [9.17, 15) is 0 Å². The smallest absolute Gasteiger partial charge is 0.263 e. The van der Waals surface area contributed by atoms with Crippen molar-refractivity contribution in [1.29, 1.82) is 0 Å². The van der Waals surface area contributed by atoms with Crippen molar-refractivity contribution in [2.24, 2.45) is 0 Å². The first-order valence-corrected chi connectivity index (χ1v) is 7.36. The summed E-state index contributed by atoms with van der Waals surface area (Å²) in [5.41, 5.74) is 1.63. The lowest BCUT2D eigenvalue weighted by Crippen LogP contribution is -2.00. The lowest BCUT2D eigenvalue weighted by molar-refractivity contribution is 0.297. The zero-order valence-corrected chi connectivity index (χ0v) is 12.4. The number of ether oxygens (including phenoxy) is 1. The van der Waals surface area contributed by atoms with Crippen molar-refractivity contribution in [2.45, 2.75) is 19.8 Å². The van der Waals surface area contributed by atoms with E-state index in [1.807, 2.05) is 42.5 Å². The highest BCUT2D eigenvalue weighted by atomic mass is 16.5. The van der Waals surface area contributed by atoms with E-state index in [1.54, 1.807) is 6.20 Å². The Hall–Kier alpha value is -2.69. The van der Waals surface area contributed by atoms with Gasteiger partial charge >= 0.3 is 0 Å². The van der Waals surface area contributed by atoms with Gasteiger partial charge in [0.2, 0.25) is 11.7 Å². The van der Waals surface area contributed by atoms with E-state index in [2.05, 4.69) is 22.0 Å². The second-order valence-corrected chi connectivity index (χ2v) is 4.85. The Bertz CT molecular complexity index is 726. The number of benzene rings is 1. The molecule has 0 radical (unpaired) electrons. The van der Waals surface area contributed by atoms with Gasteiger partial charge in [-0.1, -0.05) is 48.8 Å². The molecule has 0 fully saturated rings. The summed E-state index contributed by atoms with van der Waals surface area (Å²) in [6, 6.07) is 13.4. The van der Waals surface area contributed by atoms with Gasteiger partial charge in [0.1, 0.15) is 5.56 Å². The standard InChI is InChI=1S/C17H17N3O2/c1-2-3-12-21-16-14(10-7-11-18-16)17-19-15(20-22-17)13-8-5-4-6-9-13/h4-11H,2-3,12H2,1H3. The minimum absolute atomic E-state index is 0.415. The van der Waals surface area contributed by atoms with E-state index in [-0.39, 0.29) is 0 Å². The summed E-state index contributed by atoms with van der Waals surface area (Å²) in [6.07, 6.45) is 3.75. The van der Waals surface area contributed by atoms with Gasteiger partial charge in [-0.15, -0.1) is 0 Å². The van der Waals surface area contributed by atoms with Crippen molar-refractivity contribution in [2.75, 3.05) is 6.61 Å². The van der Waals surface area contributed by atoms with Crippen LogP contribution < -0.4 is 4.74 Å². The van der Waals surface area contributed by atoms with E-state index in [1.165, 1.54) is 0 Å². The van der Waals surface area contributed by atoms with E-state index >= 15 is 0 Å².